The van der Waals surface area contributed by atoms with E-state index in [-0.39, 0.29) is 0 Å². The molecule has 2 heterocycles. The number of hydrogen-bond donors (Lipinski definition) is 0. The largest absolute Gasteiger partial charge is 0.381 e. The van der Waals surface area contributed by atoms with Crippen LogP contribution in [-0.4, -0.2) is 36.2 Å². The number of ether oxygens (including phenoxy) is 1. The minimum absolute atomic E-state index is 0.905. The fraction of sp³-hybridized carbons (Fsp3) is 0.615. The van der Waals surface area contributed by atoms with Crippen molar-refractivity contribution < 1.29 is 4.74 Å². The SMILES string of the molecule is Cc1ccc(CN2CCCOCCC2)cn1. The monoisotopic (exact) mass is 220 g/mol. The molecule has 0 saturated carbocycles. The summed E-state index contributed by atoms with van der Waals surface area (Å²) in [6.45, 7) is 7.12. The van der Waals surface area contributed by atoms with Crippen molar-refractivity contribution in [3.63, 3.8) is 0 Å². The second kappa shape index (κ2) is 5.97. The van der Waals surface area contributed by atoms with Crippen molar-refractivity contribution in [1.29, 1.82) is 0 Å². The molecule has 1 fully saturated rings. The Balaban J connectivity index is 1.89. The van der Waals surface area contributed by atoms with Crippen LogP contribution in [0.2, 0.25) is 0 Å². The zero-order valence-electron chi connectivity index (χ0n) is 9.98. The summed E-state index contributed by atoms with van der Waals surface area (Å²) >= 11 is 0. The van der Waals surface area contributed by atoms with Crippen molar-refractivity contribution >= 4 is 0 Å². The average Bonchev–Trinajstić information content (AvgIpc) is 2.25. The van der Waals surface area contributed by atoms with E-state index in [2.05, 4.69) is 22.0 Å². The lowest BCUT2D eigenvalue weighted by atomic mass is 10.2. The van der Waals surface area contributed by atoms with Crippen molar-refractivity contribution in [3.8, 4) is 0 Å². The molecule has 88 valence electrons. The summed E-state index contributed by atoms with van der Waals surface area (Å²) in [5.74, 6) is 0. The molecular weight excluding hydrogens is 200 g/mol. The van der Waals surface area contributed by atoms with Gasteiger partial charge in [0.2, 0.25) is 0 Å². The third-order valence-corrected chi connectivity index (χ3v) is 2.90. The van der Waals surface area contributed by atoms with E-state index < -0.39 is 0 Å². The fourth-order valence-corrected chi connectivity index (χ4v) is 2.00. The summed E-state index contributed by atoms with van der Waals surface area (Å²) in [7, 11) is 0. The Kier molecular flexibility index (Phi) is 4.31. The van der Waals surface area contributed by atoms with Gasteiger partial charge in [0.05, 0.1) is 0 Å². The standard InChI is InChI=1S/C13H20N2O/c1-12-4-5-13(10-14-12)11-15-6-2-8-16-9-3-7-15/h4-5,10H,2-3,6-9,11H2,1H3. The Hall–Kier alpha value is -0.930. The molecule has 0 bridgehead atoms. The van der Waals surface area contributed by atoms with Gasteiger partial charge in [0.15, 0.2) is 0 Å². The molecule has 0 unspecified atom stereocenters. The lowest BCUT2D eigenvalue weighted by Crippen LogP contribution is -2.29. The maximum absolute atomic E-state index is 5.45. The smallest absolute Gasteiger partial charge is 0.0478 e. The number of nitrogens with zero attached hydrogens (tertiary/aromatic N) is 2. The van der Waals surface area contributed by atoms with E-state index in [0.29, 0.717) is 0 Å². The van der Waals surface area contributed by atoms with E-state index in [0.717, 1.165) is 51.4 Å². The van der Waals surface area contributed by atoms with E-state index in [1.165, 1.54) is 5.56 Å². The fourth-order valence-electron chi connectivity index (χ4n) is 2.00. The zero-order chi connectivity index (χ0) is 11.2. The van der Waals surface area contributed by atoms with E-state index >= 15 is 0 Å². The Bertz CT molecular complexity index is 302. The van der Waals surface area contributed by atoms with E-state index in [1.54, 1.807) is 0 Å². The molecule has 3 heteroatoms. The van der Waals surface area contributed by atoms with Gasteiger partial charge in [-0.15, -0.1) is 0 Å². The molecule has 0 aromatic carbocycles. The molecule has 0 atom stereocenters. The summed E-state index contributed by atoms with van der Waals surface area (Å²) in [5.41, 5.74) is 2.40. The lowest BCUT2D eigenvalue weighted by Gasteiger charge is -2.24. The molecule has 0 amide bonds. The van der Waals surface area contributed by atoms with Gasteiger partial charge in [-0.25, -0.2) is 0 Å². The van der Waals surface area contributed by atoms with Gasteiger partial charge in [-0.1, -0.05) is 6.07 Å². The van der Waals surface area contributed by atoms with Crippen molar-refractivity contribution in [2.24, 2.45) is 0 Å². The Morgan fingerprint density at radius 2 is 2.00 bits per heavy atom. The van der Waals surface area contributed by atoms with Gasteiger partial charge >= 0.3 is 0 Å². The summed E-state index contributed by atoms with van der Waals surface area (Å²) < 4.78 is 5.45. The molecule has 0 spiro atoms. The third-order valence-electron chi connectivity index (χ3n) is 2.90. The third kappa shape index (κ3) is 3.58. The van der Waals surface area contributed by atoms with Crippen molar-refractivity contribution in [1.82, 2.24) is 9.88 Å². The van der Waals surface area contributed by atoms with Crippen LogP contribution in [0.4, 0.5) is 0 Å². The Morgan fingerprint density at radius 3 is 2.62 bits per heavy atom. The van der Waals surface area contributed by atoms with E-state index in [1.807, 2.05) is 13.1 Å². The summed E-state index contributed by atoms with van der Waals surface area (Å²) in [4.78, 5) is 6.83. The van der Waals surface area contributed by atoms with Gasteiger partial charge in [-0.2, -0.15) is 0 Å². The number of aryl methyl sites for hydroxylation is 1. The molecule has 0 aliphatic carbocycles. The van der Waals surface area contributed by atoms with E-state index in [9.17, 15) is 0 Å². The molecule has 0 N–H and O–H groups in total. The average molecular weight is 220 g/mol. The van der Waals surface area contributed by atoms with Gasteiger partial charge in [-0.05, 0) is 31.4 Å². The van der Waals surface area contributed by atoms with Crippen molar-refractivity contribution in [2.45, 2.75) is 26.3 Å². The van der Waals surface area contributed by atoms with Crippen LogP contribution in [-0.2, 0) is 11.3 Å². The molecule has 1 aliphatic rings. The van der Waals surface area contributed by atoms with Crippen LogP contribution in [0.15, 0.2) is 18.3 Å². The van der Waals surface area contributed by atoms with Crippen molar-refractivity contribution in [2.75, 3.05) is 26.3 Å². The minimum atomic E-state index is 0.905. The zero-order valence-corrected chi connectivity index (χ0v) is 9.98. The first-order valence-electron chi connectivity index (χ1n) is 6.06. The highest BCUT2D eigenvalue weighted by Gasteiger charge is 2.08. The van der Waals surface area contributed by atoms with Gasteiger partial charge in [0.25, 0.3) is 0 Å². The molecule has 3 nitrogen and oxygen atoms in total. The molecule has 2 rings (SSSR count). The summed E-state index contributed by atoms with van der Waals surface area (Å²) in [5, 5.41) is 0. The number of pyridine rings is 1. The van der Waals surface area contributed by atoms with E-state index in [4.69, 9.17) is 4.74 Å². The van der Waals surface area contributed by atoms with Crippen molar-refractivity contribution in [3.05, 3.63) is 29.6 Å². The first-order chi connectivity index (χ1) is 7.84. The number of aromatic nitrogens is 1. The van der Waals surface area contributed by atoms with Crippen LogP contribution in [0.3, 0.4) is 0 Å². The normalized spacial score (nSPS) is 19.1. The minimum Gasteiger partial charge on any atom is -0.381 e. The summed E-state index contributed by atoms with van der Waals surface area (Å²) in [6, 6.07) is 4.26. The van der Waals surface area contributed by atoms with Crippen LogP contribution in [0, 0.1) is 6.92 Å². The molecule has 1 saturated heterocycles. The number of rotatable bonds is 2. The quantitative estimate of drug-likeness (QED) is 0.762. The predicted octanol–water partition coefficient (Wildman–Crippen LogP) is 2.00. The van der Waals surface area contributed by atoms with Crippen LogP contribution in [0.1, 0.15) is 24.1 Å². The van der Waals surface area contributed by atoms with Crippen LogP contribution in [0.25, 0.3) is 0 Å². The first kappa shape index (κ1) is 11.6. The molecular formula is C13H20N2O. The highest BCUT2D eigenvalue weighted by Crippen LogP contribution is 2.07. The molecule has 0 radical (unpaired) electrons. The number of hydrogen-bond acceptors (Lipinski definition) is 3. The molecule has 16 heavy (non-hydrogen) atoms. The molecule has 1 aromatic heterocycles. The second-order valence-electron chi connectivity index (χ2n) is 4.40. The van der Waals surface area contributed by atoms with Gasteiger partial charge < -0.3 is 4.74 Å². The first-order valence-corrected chi connectivity index (χ1v) is 6.06. The van der Waals surface area contributed by atoms with Crippen LogP contribution < -0.4 is 0 Å². The summed E-state index contributed by atoms with van der Waals surface area (Å²) in [6.07, 6.45) is 4.27. The second-order valence-corrected chi connectivity index (χ2v) is 4.40. The predicted molar refractivity (Wildman–Crippen MR) is 64.3 cm³/mol. The van der Waals surface area contributed by atoms with Gasteiger partial charge in [-0.3, -0.25) is 9.88 Å². The highest BCUT2D eigenvalue weighted by molar-refractivity contribution is 5.12. The Morgan fingerprint density at radius 1 is 1.25 bits per heavy atom. The Labute approximate surface area is 97.4 Å². The van der Waals surface area contributed by atoms with Gasteiger partial charge in [0, 0.05) is 44.7 Å². The van der Waals surface area contributed by atoms with Gasteiger partial charge in [0.1, 0.15) is 0 Å². The molecule has 1 aromatic rings. The molecule has 1 aliphatic heterocycles. The topological polar surface area (TPSA) is 25.4 Å². The van der Waals surface area contributed by atoms with Crippen LogP contribution >= 0.6 is 0 Å². The maximum Gasteiger partial charge on any atom is 0.0478 e. The lowest BCUT2D eigenvalue weighted by molar-refractivity contribution is 0.0865. The maximum atomic E-state index is 5.45. The highest BCUT2D eigenvalue weighted by atomic mass is 16.5. The van der Waals surface area contributed by atoms with Crippen LogP contribution in [0.5, 0.6) is 0 Å².